The molecule has 0 bridgehead atoms. The first-order valence-corrected chi connectivity index (χ1v) is 9.80. The average molecular weight is 371 g/mol. The van der Waals surface area contributed by atoms with E-state index in [9.17, 15) is 0 Å². The maximum Gasteiger partial charge on any atom is 0.191 e. The second-order valence-electron chi connectivity index (χ2n) is 6.84. The van der Waals surface area contributed by atoms with Crippen LogP contribution < -0.4 is 10.6 Å². The number of aliphatic imine (C=N–C) groups is 1. The number of aromatic nitrogens is 2. The van der Waals surface area contributed by atoms with E-state index < -0.39 is 0 Å². The highest BCUT2D eigenvalue weighted by atomic mass is 15.3. The van der Waals surface area contributed by atoms with E-state index in [-0.39, 0.29) is 0 Å². The van der Waals surface area contributed by atoms with Gasteiger partial charge in [0, 0.05) is 31.9 Å². The summed E-state index contributed by atoms with van der Waals surface area (Å²) in [4.78, 5) is 6.79. The zero-order valence-corrected chi connectivity index (χ0v) is 17.6. The van der Waals surface area contributed by atoms with Crippen LogP contribution in [0.3, 0.4) is 0 Å². The second-order valence-corrected chi connectivity index (χ2v) is 6.84. The molecule has 1 heterocycles. The fourth-order valence-electron chi connectivity index (χ4n) is 3.36. The van der Waals surface area contributed by atoms with Gasteiger partial charge in [-0.25, -0.2) is 4.68 Å². The van der Waals surface area contributed by atoms with E-state index in [0.717, 1.165) is 42.7 Å². The number of hydrogen-bond acceptors (Lipinski definition) is 3. The van der Waals surface area contributed by atoms with E-state index in [1.54, 1.807) is 0 Å². The van der Waals surface area contributed by atoms with Crippen LogP contribution >= 0.6 is 0 Å². The monoisotopic (exact) mass is 370 g/mol. The van der Waals surface area contributed by atoms with Crippen LogP contribution in [0.1, 0.15) is 37.7 Å². The van der Waals surface area contributed by atoms with Crippen LogP contribution in [-0.2, 0) is 6.54 Å². The summed E-state index contributed by atoms with van der Waals surface area (Å²) in [5.41, 5.74) is 4.44. The number of benzene rings is 1. The first kappa shape index (κ1) is 21.0. The third kappa shape index (κ3) is 5.57. The normalized spacial score (nSPS) is 13.1. The number of hydrogen-bond donors (Lipinski definition) is 2. The summed E-state index contributed by atoms with van der Waals surface area (Å²) >= 11 is 0. The zero-order chi connectivity index (χ0) is 19.8. The number of rotatable bonds is 8. The van der Waals surface area contributed by atoms with Gasteiger partial charge in [-0.15, -0.1) is 0 Å². The molecule has 2 aromatic rings. The van der Waals surface area contributed by atoms with E-state index in [1.807, 2.05) is 24.7 Å². The summed E-state index contributed by atoms with van der Waals surface area (Å²) in [6.07, 6.45) is 0. The molecular weight excluding hydrogens is 336 g/mol. The van der Waals surface area contributed by atoms with Crippen molar-refractivity contribution in [3.05, 3.63) is 47.3 Å². The summed E-state index contributed by atoms with van der Waals surface area (Å²) in [5.74, 6) is 0.817. The lowest BCUT2D eigenvalue weighted by molar-refractivity contribution is 0.231. The maximum absolute atomic E-state index is 4.62. The Kier molecular flexibility index (Phi) is 7.85. The number of nitrogens with zero attached hydrogens (tertiary/aromatic N) is 4. The smallest absolute Gasteiger partial charge is 0.191 e. The van der Waals surface area contributed by atoms with Gasteiger partial charge in [0.2, 0.25) is 0 Å². The molecule has 6 heteroatoms. The van der Waals surface area contributed by atoms with Crippen molar-refractivity contribution in [3.63, 3.8) is 0 Å². The Hall–Kier alpha value is -2.34. The molecular formula is C21H34N6. The van der Waals surface area contributed by atoms with Gasteiger partial charge in [-0.1, -0.05) is 32.0 Å². The minimum Gasteiger partial charge on any atom is -0.355 e. The first-order valence-electron chi connectivity index (χ1n) is 9.80. The highest BCUT2D eigenvalue weighted by Gasteiger charge is 2.12. The van der Waals surface area contributed by atoms with Crippen molar-refractivity contribution in [2.24, 2.45) is 4.99 Å². The van der Waals surface area contributed by atoms with Crippen molar-refractivity contribution in [2.75, 3.05) is 26.7 Å². The van der Waals surface area contributed by atoms with Gasteiger partial charge in [0.1, 0.15) is 0 Å². The van der Waals surface area contributed by atoms with Gasteiger partial charge < -0.3 is 10.6 Å². The molecule has 0 fully saturated rings. The van der Waals surface area contributed by atoms with Crippen LogP contribution in [0.25, 0.3) is 5.69 Å². The summed E-state index contributed by atoms with van der Waals surface area (Å²) in [6, 6.07) is 10.9. The Morgan fingerprint density at radius 1 is 1.19 bits per heavy atom. The van der Waals surface area contributed by atoms with Gasteiger partial charge in [-0.05, 0) is 51.6 Å². The Bertz CT molecular complexity index is 745. The standard InChI is InChI=1S/C21H34N6/c1-7-26(8-2)18(5)14-23-21(22-6)24-15-19-11-9-10-12-20(19)27-17(4)13-16(3)25-27/h9-13,18H,7-8,14-15H2,1-6H3,(H2,22,23,24). The van der Waals surface area contributed by atoms with Crippen molar-refractivity contribution in [1.82, 2.24) is 25.3 Å². The highest BCUT2D eigenvalue weighted by molar-refractivity contribution is 5.79. The van der Waals surface area contributed by atoms with Gasteiger partial charge in [0.05, 0.1) is 11.4 Å². The van der Waals surface area contributed by atoms with Gasteiger partial charge in [-0.2, -0.15) is 5.10 Å². The highest BCUT2D eigenvalue weighted by Crippen LogP contribution is 2.16. The average Bonchev–Trinajstić information content (AvgIpc) is 3.01. The Morgan fingerprint density at radius 3 is 2.48 bits per heavy atom. The Balaban J connectivity index is 2.02. The lowest BCUT2D eigenvalue weighted by Gasteiger charge is -2.27. The quantitative estimate of drug-likeness (QED) is 0.554. The largest absolute Gasteiger partial charge is 0.355 e. The van der Waals surface area contributed by atoms with Crippen LogP contribution in [0.15, 0.2) is 35.3 Å². The molecule has 2 rings (SSSR count). The fraction of sp³-hybridized carbons (Fsp3) is 0.524. The molecule has 6 nitrogen and oxygen atoms in total. The lowest BCUT2D eigenvalue weighted by Crippen LogP contribution is -2.45. The molecule has 1 unspecified atom stereocenters. The zero-order valence-electron chi connectivity index (χ0n) is 17.6. The topological polar surface area (TPSA) is 57.5 Å². The number of para-hydroxylation sites is 1. The molecule has 0 saturated heterocycles. The molecule has 0 aliphatic heterocycles. The van der Waals surface area contributed by atoms with E-state index in [2.05, 4.69) is 77.6 Å². The molecule has 1 atom stereocenters. The van der Waals surface area contributed by atoms with Crippen LogP contribution in [0, 0.1) is 13.8 Å². The molecule has 0 aliphatic rings. The molecule has 148 valence electrons. The van der Waals surface area contributed by atoms with E-state index >= 15 is 0 Å². The molecule has 2 N–H and O–H groups in total. The summed E-state index contributed by atoms with van der Waals surface area (Å²) in [5, 5.41) is 11.5. The van der Waals surface area contributed by atoms with Crippen molar-refractivity contribution >= 4 is 5.96 Å². The minimum atomic E-state index is 0.459. The van der Waals surface area contributed by atoms with Crippen molar-refractivity contribution in [1.29, 1.82) is 0 Å². The van der Waals surface area contributed by atoms with E-state index in [4.69, 9.17) is 0 Å². The van der Waals surface area contributed by atoms with Gasteiger partial charge in [-0.3, -0.25) is 9.89 Å². The maximum atomic E-state index is 4.62. The number of nitrogens with one attached hydrogen (secondary N) is 2. The minimum absolute atomic E-state index is 0.459. The molecule has 1 aromatic carbocycles. The number of guanidine groups is 1. The third-order valence-electron chi connectivity index (χ3n) is 4.90. The van der Waals surface area contributed by atoms with Gasteiger partial charge in [0.25, 0.3) is 0 Å². The van der Waals surface area contributed by atoms with Crippen molar-refractivity contribution < 1.29 is 0 Å². The predicted molar refractivity (Wildman–Crippen MR) is 114 cm³/mol. The van der Waals surface area contributed by atoms with E-state index in [0.29, 0.717) is 12.6 Å². The van der Waals surface area contributed by atoms with Gasteiger partial charge in [0.15, 0.2) is 5.96 Å². The molecule has 0 spiro atoms. The molecule has 1 aromatic heterocycles. The SMILES string of the molecule is CCN(CC)C(C)CNC(=NC)NCc1ccccc1-n1nc(C)cc1C. The Labute approximate surface area is 163 Å². The third-order valence-corrected chi connectivity index (χ3v) is 4.90. The fourth-order valence-corrected chi connectivity index (χ4v) is 3.36. The molecule has 0 aliphatic carbocycles. The van der Waals surface area contributed by atoms with Crippen LogP contribution in [0.2, 0.25) is 0 Å². The first-order chi connectivity index (χ1) is 13.0. The summed E-state index contributed by atoms with van der Waals surface area (Å²) in [7, 11) is 1.81. The van der Waals surface area contributed by atoms with Crippen LogP contribution in [0.5, 0.6) is 0 Å². The Morgan fingerprint density at radius 2 is 1.89 bits per heavy atom. The molecule has 0 saturated carbocycles. The van der Waals surface area contributed by atoms with Crippen LogP contribution in [0.4, 0.5) is 0 Å². The van der Waals surface area contributed by atoms with Gasteiger partial charge >= 0.3 is 0 Å². The summed E-state index contributed by atoms with van der Waals surface area (Å²) in [6.45, 7) is 14.4. The molecule has 0 amide bonds. The molecule has 27 heavy (non-hydrogen) atoms. The summed E-state index contributed by atoms with van der Waals surface area (Å²) < 4.78 is 2.00. The number of likely N-dealkylation sites (N-methyl/N-ethyl adjacent to an activating group) is 1. The van der Waals surface area contributed by atoms with Crippen LogP contribution in [-0.4, -0.2) is 53.4 Å². The van der Waals surface area contributed by atoms with E-state index in [1.165, 1.54) is 5.56 Å². The molecule has 0 radical (unpaired) electrons. The predicted octanol–water partition coefficient (Wildman–Crippen LogP) is 2.88. The van der Waals surface area contributed by atoms with Crippen molar-refractivity contribution in [2.45, 2.75) is 47.2 Å². The lowest BCUT2D eigenvalue weighted by atomic mass is 10.1. The number of aryl methyl sites for hydroxylation is 2. The van der Waals surface area contributed by atoms with Crippen molar-refractivity contribution in [3.8, 4) is 5.69 Å². The second kappa shape index (κ2) is 10.1.